The third-order valence-electron chi connectivity index (χ3n) is 5.68. The van der Waals surface area contributed by atoms with E-state index in [0.29, 0.717) is 10.8 Å². The van der Waals surface area contributed by atoms with E-state index in [9.17, 15) is 21.6 Å². The minimum Gasteiger partial charge on any atom is -0.475 e. The van der Waals surface area contributed by atoms with Crippen LogP contribution in [0.15, 0.2) is 58.1 Å². The summed E-state index contributed by atoms with van der Waals surface area (Å²) in [6, 6.07) is 16.2. The molecule has 0 atom stereocenters. The van der Waals surface area contributed by atoms with Crippen LogP contribution in [0.4, 0.5) is 13.2 Å². The molecule has 3 aromatic rings. The quantitative estimate of drug-likeness (QED) is 0.278. The number of thiophene rings is 2. The van der Waals surface area contributed by atoms with Crippen molar-refractivity contribution < 1.29 is 31.5 Å². The van der Waals surface area contributed by atoms with Crippen molar-refractivity contribution in [3.05, 3.63) is 64.4 Å². The third kappa shape index (κ3) is 9.79. The van der Waals surface area contributed by atoms with Gasteiger partial charge in [0.2, 0.25) is 10.0 Å². The molecule has 2 aromatic heterocycles. The summed E-state index contributed by atoms with van der Waals surface area (Å²) in [5.74, 6) is -2.76. The normalized spacial score (nSPS) is 14.3. The maximum atomic E-state index is 12.7. The second-order valence-electron chi connectivity index (χ2n) is 8.57. The number of sulfonamides is 1. The van der Waals surface area contributed by atoms with E-state index >= 15 is 0 Å². The highest BCUT2D eigenvalue weighted by molar-refractivity contribution is 7.91. The average molecular weight is 590 g/mol. The van der Waals surface area contributed by atoms with Gasteiger partial charge >= 0.3 is 12.1 Å². The summed E-state index contributed by atoms with van der Waals surface area (Å²) >= 11 is 3.12. The predicted octanol–water partition coefficient (Wildman–Crippen LogP) is 4.82. The standard InChI is InChI=1S/C23H29N3O2S3.C2HF3O2/c27-31(28,25-12-15-26-13-1-2-14-26)23-9-8-22(30-23)20-6-3-5-19(17-20)18-24-11-10-21-7-4-16-29-21;3-2(4,5)1(6)7/h3-9,16-17,24-25H,1-2,10-15,18H2;(H,6,7). The van der Waals surface area contributed by atoms with Gasteiger partial charge < -0.3 is 15.3 Å². The van der Waals surface area contributed by atoms with Gasteiger partial charge in [-0.25, -0.2) is 17.9 Å². The Balaban J connectivity index is 0.000000505. The number of nitrogens with zero attached hydrogens (tertiary/aromatic N) is 1. The predicted molar refractivity (Wildman–Crippen MR) is 144 cm³/mol. The summed E-state index contributed by atoms with van der Waals surface area (Å²) in [4.78, 5) is 13.6. The van der Waals surface area contributed by atoms with Crippen molar-refractivity contribution in [1.82, 2.24) is 14.9 Å². The summed E-state index contributed by atoms with van der Waals surface area (Å²) in [5.41, 5.74) is 2.26. The van der Waals surface area contributed by atoms with Gasteiger partial charge in [-0.15, -0.1) is 22.7 Å². The number of carbonyl (C=O) groups is 1. The van der Waals surface area contributed by atoms with Crippen molar-refractivity contribution in [2.75, 3.05) is 32.7 Å². The fourth-order valence-electron chi connectivity index (χ4n) is 3.77. The molecule has 208 valence electrons. The first-order valence-electron chi connectivity index (χ1n) is 12.0. The molecule has 1 aliphatic rings. The number of benzene rings is 1. The van der Waals surface area contributed by atoms with Crippen LogP contribution in [0.1, 0.15) is 23.3 Å². The molecule has 7 nitrogen and oxygen atoms in total. The number of alkyl halides is 3. The Labute approximate surface area is 228 Å². The smallest absolute Gasteiger partial charge is 0.475 e. The van der Waals surface area contributed by atoms with Crippen LogP contribution in [0, 0.1) is 0 Å². The van der Waals surface area contributed by atoms with Crippen molar-refractivity contribution in [2.24, 2.45) is 0 Å². The molecule has 1 aliphatic heterocycles. The number of carboxylic acids is 1. The van der Waals surface area contributed by atoms with E-state index in [1.54, 1.807) is 17.4 Å². The number of hydrogen-bond donors (Lipinski definition) is 3. The second-order valence-corrected chi connectivity index (χ2v) is 12.7. The van der Waals surface area contributed by atoms with Crippen molar-refractivity contribution >= 4 is 38.7 Å². The lowest BCUT2D eigenvalue weighted by atomic mass is 10.1. The largest absolute Gasteiger partial charge is 0.490 e. The molecule has 1 aromatic carbocycles. The van der Waals surface area contributed by atoms with Gasteiger partial charge in [-0.1, -0.05) is 24.3 Å². The van der Waals surface area contributed by atoms with Gasteiger partial charge in [0.15, 0.2) is 0 Å². The SMILES string of the molecule is O=C(O)C(F)(F)F.O=S(=O)(NCCN1CCCC1)c1ccc(-c2cccc(CNCCc3cccs3)c2)s1. The van der Waals surface area contributed by atoms with Crippen molar-refractivity contribution in [1.29, 1.82) is 0 Å². The maximum Gasteiger partial charge on any atom is 0.490 e. The lowest BCUT2D eigenvalue weighted by molar-refractivity contribution is -0.192. The Kier molecular flexibility index (Phi) is 11.3. The molecule has 4 rings (SSSR count). The molecule has 0 aliphatic carbocycles. The number of nitrogens with one attached hydrogen (secondary N) is 2. The molecule has 0 radical (unpaired) electrons. The molecule has 0 unspecified atom stereocenters. The molecule has 0 saturated carbocycles. The molecule has 0 bridgehead atoms. The van der Waals surface area contributed by atoms with Gasteiger partial charge in [0.1, 0.15) is 4.21 Å². The lowest BCUT2D eigenvalue weighted by Crippen LogP contribution is -2.33. The van der Waals surface area contributed by atoms with E-state index < -0.39 is 22.2 Å². The third-order valence-corrected chi connectivity index (χ3v) is 9.70. The van der Waals surface area contributed by atoms with Gasteiger partial charge in [-0.2, -0.15) is 13.2 Å². The first kappa shape index (κ1) is 30.3. The summed E-state index contributed by atoms with van der Waals surface area (Å²) in [6.45, 7) is 5.12. The Morgan fingerprint density at radius 2 is 1.79 bits per heavy atom. The fourth-order valence-corrected chi connectivity index (χ4v) is 6.85. The molecule has 1 fully saturated rings. The minimum atomic E-state index is -5.08. The van der Waals surface area contributed by atoms with Gasteiger partial charge in [0.05, 0.1) is 0 Å². The van der Waals surface area contributed by atoms with Crippen LogP contribution in [-0.2, 0) is 27.8 Å². The summed E-state index contributed by atoms with van der Waals surface area (Å²) in [7, 11) is -3.46. The number of halogens is 3. The van der Waals surface area contributed by atoms with Crippen LogP contribution in [0.3, 0.4) is 0 Å². The van der Waals surface area contributed by atoms with Gasteiger partial charge in [0, 0.05) is 35.9 Å². The second kappa shape index (κ2) is 14.2. The molecule has 13 heteroatoms. The van der Waals surface area contributed by atoms with Crippen molar-refractivity contribution in [3.63, 3.8) is 0 Å². The highest BCUT2D eigenvalue weighted by Gasteiger charge is 2.38. The fraction of sp³-hybridized carbons (Fsp3) is 0.400. The molecule has 0 spiro atoms. The van der Waals surface area contributed by atoms with Crippen LogP contribution in [-0.4, -0.2) is 63.3 Å². The number of carboxylic acid groups (broad SMARTS) is 1. The molecule has 3 heterocycles. The van der Waals surface area contributed by atoms with E-state index in [0.717, 1.165) is 49.6 Å². The van der Waals surface area contributed by atoms with Crippen LogP contribution in [0.5, 0.6) is 0 Å². The minimum absolute atomic E-state index is 0.378. The summed E-state index contributed by atoms with van der Waals surface area (Å²) < 4.78 is 60.2. The zero-order valence-corrected chi connectivity index (χ0v) is 23.0. The first-order valence-corrected chi connectivity index (χ1v) is 15.2. The number of aliphatic carboxylic acids is 1. The van der Waals surface area contributed by atoms with E-state index in [1.807, 2.05) is 18.2 Å². The molecule has 0 amide bonds. The summed E-state index contributed by atoms with van der Waals surface area (Å²) in [6.07, 6.45) is -1.62. The topological polar surface area (TPSA) is 98.7 Å². The van der Waals surface area contributed by atoms with Crippen LogP contribution in [0.25, 0.3) is 10.4 Å². The maximum absolute atomic E-state index is 12.7. The zero-order chi connectivity index (χ0) is 27.6. The number of likely N-dealkylation sites (tertiary alicyclic amines) is 1. The molecule has 38 heavy (non-hydrogen) atoms. The zero-order valence-electron chi connectivity index (χ0n) is 20.5. The van der Waals surface area contributed by atoms with Crippen LogP contribution >= 0.6 is 22.7 Å². The number of rotatable bonds is 11. The van der Waals surface area contributed by atoms with Gasteiger partial charge in [-0.3, -0.25) is 0 Å². The van der Waals surface area contributed by atoms with E-state index in [-0.39, 0.29) is 0 Å². The molecule has 1 saturated heterocycles. The molecular weight excluding hydrogens is 559 g/mol. The van der Waals surface area contributed by atoms with Gasteiger partial charge in [0.25, 0.3) is 0 Å². The monoisotopic (exact) mass is 589 g/mol. The highest BCUT2D eigenvalue weighted by atomic mass is 32.2. The first-order chi connectivity index (χ1) is 18.0. The molecule has 3 N–H and O–H groups in total. The average Bonchev–Trinajstić information content (AvgIpc) is 3.65. The highest BCUT2D eigenvalue weighted by Crippen LogP contribution is 2.31. The number of hydrogen-bond acceptors (Lipinski definition) is 7. The van der Waals surface area contributed by atoms with E-state index in [1.165, 1.54) is 34.6 Å². The van der Waals surface area contributed by atoms with E-state index in [2.05, 4.69) is 44.6 Å². The summed E-state index contributed by atoms with van der Waals surface area (Å²) in [5, 5.41) is 12.7. The Bertz CT molecular complexity index is 1260. The van der Waals surface area contributed by atoms with Crippen LogP contribution in [0.2, 0.25) is 0 Å². The lowest BCUT2D eigenvalue weighted by Gasteiger charge is -2.14. The van der Waals surface area contributed by atoms with Crippen molar-refractivity contribution in [3.8, 4) is 10.4 Å². The Morgan fingerprint density at radius 1 is 1.05 bits per heavy atom. The molecular formula is C25H30F3N3O4S3. The Hall–Kier alpha value is -2.29. The van der Waals surface area contributed by atoms with Crippen molar-refractivity contribution in [2.45, 2.75) is 36.2 Å². The van der Waals surface area contributed by atoms with Crippen LogP contribution < -0.4 is 10.0 Å². The van der Waals surface area contributed by atoms with E-state index in [4.69, 9.17) is 9.90 Å². The Morgan fingerprint density at radius 3 is 2.45 bits per heavy atom. The van der Waals surface area contributed by atoms with Gasteiger partial charge in [-0.05, 0) is 73.1 Å².